The minimum Gasteiger partial charge on any atom is -0.331 e. The maximum atomic E-state index is 5.58. The fraction of sp³-hybridized carbons (Fsp3) is 0.562. The normalized spacial score (nSPS) is 27.8. The van der Waals surface area contributed by atoms with Gasteiger partial charge in [0.25, 0.3) is 0 Å². The number of hydrogen-bond acceptors (Lipinski definition) is 1. The summed E-state index contributed by atoms with van der Waals surface area (Å²) in [6.07, 6.45) is 3.85. The van der Waals surface area contributed by atoms with Crippen molar-refractivity contribution in [3.8, 4) is 0 Å². The first-order chi connectivity index (χ1) is 9.06. The molecule has 102 valence electrons. The Hall–Kier alpha value is -1.09. The van der Waals surface area contributed by atoms with Crippen LogP contribution >= 0.6 is 12.2 Å². The Labute approximate surface area is 119 Å². The number of nitrogens with one attached hydrogen (secondary N) is 1. The number of hydrogen-bond donors (Lipinski definition) is 1. The first-order valence-electron chi connectivity index (χ1n) is 7.26. The third-order valence-electron chi connectivity index (χ3n) is 4.46. The number of aromatic nitrogens is 2. The highest BCUT2D eigenvalue weighted by molar-refractivity contribution is 7.71. The summed E-state index contributed by atoms with van der Waals surface area (Å²) in [5, 5.41) is 0. The van der Waals surface area contributed by atoms with Crippen molar-refractivity contribution in [2.24, 2.45) is 11.8 Å². The van der Waals surface area contributed by atoms with Gasteiger partial charge in [-0.15, -0.1) is 0 Å². The van der Waals surface area contributed by atoms with Crippen LogP contribution in [0.1, 0.15) is 44.7 Å². The second-order valence-corrected chi connectivity index (χ2v) is 6.73. The van der Waals surface area contributed by atoms with Gasteiger partial charge in [0, 0.05) is 6.04 Å². The molecule has 19 heavy (non-hydrogen) atoms. The molecular formula is C16H22N2S. The van der Waals surface area contributed by atoms with Gasteiger partial charge in [0.15, 0.2) is 4.77 Å². The number of aromatic amines is 1. The van der Waals surface area contributed by atoms with Crippen molar-refractivity contribution >= 4 is 23.3 Å². The summed E-state index contributed by atoms with van der Waals surface area (Å²) in [6.45, 7) is 6.92. The van der Waals surface area contributed by atoms with Gasteiger partial charge >= 0.3 is 0 Å². The number of benzene rings is 1. The molecule has 1 N–H and O–H groups in total. The molecule has 2 aromatic rings. The van der Waals surface area contributed by atoms with Crippen molar-refractivity contribution in [3.05, 3.63) is 28.5 Å². The van der Waals surface area contributed by atoms with Crippen molar-refractivity contribution in [2.75, 3.05) is 0 Å². The number of H-pyrrole nitrogens is 1. The minimum atomic E-state index is 0.557. The average molecular weight is 274 g/mol. The molecule has 2 atom stereocenters. The van der Waals surface area contributed by atoms with Gasteiger partial charge in [0.1, 0.15) is 0 Å². The van der Waals surface area contributed by atoms with Gasteiger partial charge in [0.05, 0.1) is 11.0 Å². The van der Waals surface area contributed by atoms with Gasteiger partial charge in [-0.1, -0.05) is 26.0 Å². The second kappa shape index (κ2) is 4.78. The Balaban J connectivity index is 2.14. The highest BCUT2D eigenvalue weighted by Crippen LogP contribution is 2.38. The molecule has 1 aliphatic carbocycles. The maximum absolute atomic E-state index is 5.58. The summed E-state index contributed by atoms with van der Waals surface area (Å²) < 4.78 is 3.27. The van der Waals surface area contributed by atoms with Gasteiger partial charge in [0.2, 0.25) is 0 Å². The molecule has 1 fully saturated rings. The standard InChI is InChI=1S/C16H22N2S/c1-10-7-11(2)9-13(8-10)18-15-12(3)5-4-6-14(15)17-16(18)19/h4-6,10-11,13H,7-9H2,1-3H3,(H,17,19). The number of fused-ring (bicyclic) bond motifs is 1. The van der Waals surface area contributed by atoms with E-state index >= 15 is 0 Å². The van der Waals surface area contributed by atoms with Crippen molar-refractivity contribution in [2.45, 2.75) is 46.1 Å². The largest absolute Gasteiger partial charge is 0.331 e. The van der Waals surface area contributed by atoms with Gasteiger partial charge in [-0.05, 0) is 61.9 Å². The zero-order valence-corrected chi connectivity index (χ0v) is 12.8. The van der Waals surface area contributed by atoms with Crippen LogP contribution in [0.5, 0.6) is 0 Å². The Morgan fingerprint density at radius 1 is 1.16 bits per heavy atom. The van der Waals surface area contributed by atoms with Crippen molar-refractivity contribution in [3.63, 3.8) is 0 Å². The summed E-state index contributed by atoms with van der Waals surface area (Å²) in [5.41, 5.74) is 3.80. The molecule has 0 bridgehead atoms. The molecule has 1 heterocycles. The Bertz CT molecular complexity index is 642. The van der Waals surface area contributed by atoms with E-state index in [1.54, 1.807) is 0 Å². The molecule has 2 unspecified atom stereocenters. The molecule has 2 nitrogen and oxygen atoms in total. The fourth-order valence-corrected chi connectivity index (χ4v) is 4.17. The summed E-state index contributed by atoms with van der Waals surface area (Å²) in [5.74, 6) is 1.59. The minimum absolute atomic E-state index is 0.557. The lowest BCUT2D eigenvalue weighted by molar-refractivity contribution is 0.223. The molecule has 0 amide bonds. The SMILES string of the molecule is Cc1cccc2[nH]c(=S)n(C3CC(C)CC(C)C3)c12. The highest BCUT2D eigenvalue weighted by Gasteiger charge is 2.26. The lowest BCUT2D eigenvalue weighted by atomic mass is 9.80. The predicted molar refractivity (Wildman–Crippen MR) is 83.1 cm³/mol. The number of aryl methyl sites for hydroxylation is 1. The van der Waals surface area contributed by atoms with Gasteiger partial charge in [-0.2, -0.15) is 0 Å². The van der Waals surface area contributed by atoms with Crippen LogP contribution in [-0.4, -0.2) is 9.55 Å². The molecule has 3 heteroatoms. The van der Waals surface area contributed by atoms with E-state index in [2.05, 4.69) is 48.5 Å². The zero-order chi connectivity index (χ0) is 13.6. The Kier molecular flexibility index (Phi) is 3.25. The molecule has 1 saturated carbocycles. The first kappa shape index (κ1) is 12.9. The average Bonchev–Trinajstić information content (AvgIpc) is 2.65. The van der Waals surface area contributed by atoms with Crippen LogP contribution in [0.4, 0.5) is 0 Å². The summed E-state index contributed by atoms with van der Waals surface area (Å²) >= 11 is 5.58. The summed E-state index contributed by atoms with van der Waals surface area (Å²) in [6, 6.07) is 6.96. The maximum Gasteiger partial charge on any atom is 0.178 e. The second-order valence-electron chi connectivity index (χ2n) is 6.34. The smallest absolute Gasteiger partial charge is 0.178 e. The molecule has 1 aromatic carbocycles. The number of nitrogens with zero attached hydrogens (tertiary/aromatic N) is 1. The molecule has 1 aromatic heterocycles. The van der Waals surface area contributed by atoms with E-state index in [0.29, 0.717) is 6.04 Å². The molecule has 3 rings (SSSR count). The molecule has 0 aliphatic heterocycles. The molecule has 0 radical (unpaired) electrons. The van der Waals surface area contributed by atoms with Crippen molar-refractivity contribution < 1.29 is 0 Å². The van der Waals surface area contributed by atoms with E-state index in [9.17, 15) is 0 Å². The van der Waals surface area contributed by atoms with Crippen LogP contribution in [0.3, 0.4) is 0 Å². The van der Waals surface area contributed by atoms with E-state index in [4.69, 9.17) is 12.2 Å². The Morgan fingerprint density at radius 3 is 2.53 bits per heavy atom. The lowest BCUT2D eigenvalue weighted by Crippen LogP contribution is -2.22. The monoisotopic (exact) mass is 274 g/mol. The topological polar surface area (TPSA) is 20.7 Å². The van der Waals surface area contributed by atoms with E-state index in [1.165, 1.54) is 35.9 Å². The van der Waals surface area contributed by atoms with Gasteiger partial charge in [-0.3, -0.25) is 0 Å². The van der Waals surface area contributed by atoms with Crippen LogP contribution in [0, 0.1) is 23.5 Å². The van der Waals surface area contributed by atoms with E-state index in [-0.39, 0.29) is 0 Å². The van der Waals surface area contributed by atoms with Crippen molar-refractivity contribution in [1.29, 1.82) is 0 Å². The van der Waals surface area contributed by atoms with Gasteiger partial charge in [-0.25, -0.2) is 0 Å². The van der Waals surface area contributed by atoms with Crippen molar-refractivity contribution in [1.82, 2.24) is 9.55 Å². The van der Waals surface area contributed by atoms with Crippen LogP contribution in [-0.2, 0) is 0 Å². The van der Waals surface area contributed by atoms with E-state index in [1.807, 2.05) is 0 Å². The fourth-order valence-electron chi connectivity index (χ4n) is 3.82. The highest BCUT2D eigenvalue weighted by atomic mass is 32.1. The first-order valence-corrected chi connectivity index (χ1v) is 7.67. The molecule has 0 saturated heterocycles. The number of rotatable bonds is 1. The summed E-state index contributed by atoms with van der Waals surface area (Å²) in [7, 11) is 0. The van der Waals surface area contributed by atoms with E-state index < -0.39 is 0 Å². The lowest BCUT2D eigenvalue weighted by Gasteiger charge is -2.32. The quantitative estimate of drug-likeness (QED) is 0.725. The molecule has 0 spiro atoms. The molecule has 1 aliphatic rings. The number of para-hydroxylation sites is 1. The number of imidazole rings is 1. The summed E-state index contributed by atoms with van der Waals surface area (Å²) in [4.78, 5) is 3.37. The van der Waals surface area contributed by atoms with Gasteiger partial charge < -0.3 is 9.55 Å². The third-order valence-corrected chi connectivity index (χ3v) is 4.76. The third kappa shape index (κ3) is 2.25. The van der Waals surface area contributed by atoms with Crippen LogP contribution in [0.25, 0.3) is 11.0 Å². The van der Waals surface area contributed by atoms with Crippen LogP contribution < -0.4 is 0 Å². The zero-order valence-electron chi connectivity index (χ0n) is 11.9. The predicted octanol–water partition coefficient (Wildman–Crippen LogP) is 5.00. The molecular weight excluding hydrogens is 252 g/mol. The van der Waals surface area contributed by atoms with E-state index in [0.717, 1.165) is 16.6 Å². The van der Waals surface area contributed by atoms with Crippen LogP contribution in [0.2, 0.25) is 0 Å². The Morgan fingerprint density at radius 2 is 1.84 bits per heavy atom. The van der Waals surface area contributed by atoms with Crippen LogP contribution in [0.15, 0.2) is 18.2 Å².